The molecule has 0 aliphatic rings. The molecule has 216 valence electrons. The van der Waals surface area contributed by atoms with E-state index in [2.05, 4.69) is 39.9 Å². The van der Waals surface area contributed by atoms with Crippen LogP contribution < -0.4 is 16.0 Å². The summed E-state index contributed by atoms with van der Waals surface area (Å²) < 4.78 is 1.91. The first-order valence-corrected chi connectivity index (χ1v) is 14.8. The normalized spacial score (nSPS) is 11.1. The van der Waals surface area contributed by atoms with Crippen molar-refractivity contribution >= 4 is 46.3 Å². The van der Waals surface area contributed by atoms with Gasteiger partial charge in [0, 0.05) is 37.6 Å². The number of hydrogen-bond acceptors (Lipinski definition) is 6. The smallest absolute Gasteiger partial charge is 0.253 e. The summed E-state index contributed by atoms with van der Waals surface area (Å²) in [5.41, 5.74) is 2.79. The number of carbonyl (C=O) groups is 2. The van der Waals surface area contributed by atoms with Gasteiger partial charge >= 0.3 is 0 Å². The van der Waals surface area contributed by atoms with Crippen molar-refractivity contribution in [3.63, 3.8) is 0 Å². The molecule has 0 atom stereocenters. The number of halogens is 1. The minimum atomic E-state index is -0.122. The van der Waals surface area contributed by atoms with Gasteiger partial charge in [-0.05, 0) is 45.7 Å². The Labute approximate surface area is 243 Å². The number of ketones is 1. The number of amides is 1. The zero-order valence-electron chi connectivity index (χ0n) is 24.2. The van der Waals surface area contributed by atoms with Crippen LogP contribution >= 0.6 is 11.6 Å². The van der Waals surface area contributed by atoms with E-state index in [1.54, 1.807) is 12.3 Å². The lowest BCUT2D eigenvalue weighted by Gasteiger charge is -2.15. The molecule has 8 nitrogen and oxygen atoms in total. The summed E-state index contributed by atoms with van der Waals surface area (Å²) in [4.78, 5) is 28.8. The van der Waals surface area contributed by atoms with Crippen LogP contribution in [0.5, 0.6) is 0 Å². The van der Waals surface area contributed by atoms with E-state index < -0.39 is 0 Å². The summed E-state index contributed by atoms with van der Waals surface area (Å²) in [6.07, 6.45) is 10.6. The maximum absolute atomic E-state index is 13.0. The molecule has 1 aromatic carbocycles. The molecule has 40 heavy (non-hydrogen) atoms. The van der Waals surface area contributed by atoms with Crippen LogP contribution in [-0.4, -0.2) is 33.0 Å². The van der Waals surface area contributed by atoms with Gasteiger partial charge in [0.2, 0.25) is 0 Å². The van der Waals surface area contributed by atoms with E-state index >= 15 is 0 Å². The highest BCUT2D eigenvalue weighted by molar-refractivity contribution is 6.33. The molecule has 0 fully saturated rings. The Balaban J connectivity index is 1.51. The number of benzene rings is 1. The van der Waals surface area contributed by atoms with Crippen LogP contribution in [0, 0.1) is 6.92 Å². The third kappa shape index (κ3) is 9.66. The number of aromatic nitrogens is 3. The molecule has 0 aliphatic carbocycles. The average Bonchev–Trinajstić information content (AvgIpc) is 3.31. The van der Waals surface area contributed by atoms with E-state index in [0.29, 0.717) is 46.5 Å². The van der Waals surface area contributed by atoms with Gasteiger partial charge in [-0.1, -0.05) is 62.8 Å². The van der Waals surface area contributed by atoms with Gasteiger partial charge in [0.25, 0.3) is 5.91 Å². The Hall–Kier alpha value is -3.39. The largest absolute Gasteiger partial charge is 0.354 e. The fraction of sp³-hybridized carbons (Fsp3) is 0.484. The number of aryl methyl sites for hydroxylation is 1. The van der Waals surface area contributed by atoms with Gasteiger partial charge in [0.05, 0.1) is 33.9 Å². The van der Waals surface area contributed by atoms with Crippen molar-refractivity contribution in [1.82, 2.24) is 20.1 Å². The van der Waals surface area contributed by atoms with Crippen molar-refractivity contribution in [3.8, 4) is 0 Å². The summed E-state index contributed by atoms with van der Waals surface area (Å²) in [5.74, 6) is 1.70. The molecule has 3 rings (SSSR count). The van der Waals surface area contributed by atoms with Crippen LogP contribution in [0.4, 0.5) is 23.0 Å². The molecule has 9 heteroatoms. The van der Waals surface area contributed by atoms with Crippen LogP contribution in [0.15, 0.2) is 42.6 Å². The van der Waals surface area contributed by atoms with Crippen molar-refractivity contribution in [2.45, 2.75) is 91.5 Å². The number of hydrogen-bond donors (Lipinski definition) is 3. The highest BCUT2D eigenvalue weighted by Gasteiger charge is 2.14. The van der Waals surface area contributed by atoms with Crippen molar-refractivity contribution in [3.05, 3.63) is 58.9 Å². The number of para-hydroxylation sites is 1. The second-order valence-electron chi connectivity index (χ2n) is 10.4. The fourth-order valence-electron chi connectivity index (χ4n) is 4.48. The lowest BCUT2D eigenvalue weighted by atomic mass is 10.1. The second kappa shape index (κ2) is 16.0. The number of nitrogens with zero attached hydrogens (tertiary/aromatic N) is 3. The number of unbranched alkanes of at least 4 members (excludes halogenated alkanes) is 6. The monoisotopic (exact) mass is 566 g/mol. The standard InChI is InChI=1S/C31H43ClN6O2/c1-5-24(39)15-11-9-7-6-8-10-14-18-33-31(40)25-16-12-13-17-27(25)35-28-20-29(34-21-26(28)32)36-30-19-23(4)37-38(30)22(2)3/h12-13,16-17,19-22H,5-11,14-15,18H2,1-4H3,(H,33,40)(H2,34,35,36). The SMILES string of the molecule is CCC(=O)CCCCCCCCCNC(=O)c1ccccc1Nc1cc(Nc2cc(C)nn2C(C)C)ncc1Cl. The molecule has 1 amide bonds. The van der Waals surface area contributed by atoms with Crippen molar-refractivity contribution in [2.75, 3.05) is 17.2 Å². The van der Waals surface area contributed by atoms with Crippen molar-refractivity contribution < 1.29 is 9.59 Å². The van der Waals surface area contributed by atoms with Gasteiger partial charge in [0.1, 0.15) is 17.4 Å². The Morgan fingerprint density at radius 2 is 1.65 bits per heavy atom. The molecular formula is C31H43ClN6O2. The molecule has 3 aromatic rings. The van der Waals surface area contributed by atoms with Gasteiger partial charge in [-0.3, -0.25) is 9.59 Å². The second-order valence-corrected chi connectivity index (χ2v) is 10.8. The van der Waals surface area contributed by atoms with Crippen LogP contribution in [0.1, 0.15) is 101 Å². The van der Waals surface area contributed by atoms with E-state index in [-0.39, 0.29) is 11.9 Å². The summed E-state index contributed by atoms with van der Waals surface area (Å²) in [6.45, 7) is 8.65. The van der Waals surface area contributed by atoms with Crippen molar-refractivity contribution in [2.24, 2.45) is 0 Å². The maximum atomic E-state index is 13.0. The van der Waals surface area contributed by atoms with Crippen LogP contribution in [0.25, 0.3) is 0 Å². The minimum absolute atomic E-state index is 0.122. The van der Waals surface area contributed by atoms with E-state index in [0.717, 1.165) is 56.5 Å². The van der Waals surface area contributed by atoms with Crippen LogP contribution in [-0.2, 0) is 4.79 Å². The number of nitrogens with one attached hydrogen (secondary N) is 3. The zero-order valence-corrected chi connectivity index (χ0v) is 25.0. The minimum Gasteiger partial charge on any atom is -0.354 e. The van der Waals surface area contributed by atoms with E-state index in [9.17, 15) is 9.59 Å². The van der Waals surface area contributed by atoms with Gasteiger partial charge in [-0.2, -0.15) is 5.10 Å². The predicted molar refractivity (Wildman–Crippen MR) is 164 cm³/mol. The summed E-state index contributed by atoms with van der Waals surface area (Å²) >= 11 is 6.47. The molecule has 3 N–H and O–H groups in total. The number of carbonyl (C=O) groups excluding carboxylic acids is 2. The Bertz CT molecular complexity index is 1260. The Morgan fingerprint density at radius 1 is 0.950 bits per heavy atom. The first-order chi connectivity index (χ1) is 19.3. The lowest BCUT2D eigenvalue weighted by Crippen LogP contribution is -2.25. The fourth-order valence-corrected chi connectivity index (χ4v) is 4.63. The summed E-state index contributed by atoms with van der Waals surface area (Å²) in [7, 11) is 0. The molecule has 0 aliphatic heterocycles. The Kier molecular flexibility index (Phi) is 12.5. The highest BCUT2D eigenvalue weighted by Crippen LogP contribution is 2.30. The molecule has 0 spiro atoms. The van der Waals surface area contributed by atoms with Crippen molar-refractivity contribution in [1.29, 1.82) is 0 Å². The van der Waals surface area contributed by atoms with Gasteiger partial charge in [-0.25, -0.2) is 9.67 Å². The average molecular weight is 567 g/mol. The molecule has 0 saturated carbocycles. The van der Waals surface area contributed by atoms with Crippen LogP contribution in [0.3, 0.4) is 0 Å². The first-order valence-electron chi connectivity index (χ1n) is 14.4. The molecule has 2 aromatic heterocycles. The number of anilines is 4. The third-order valence-corrected chi connectivity index (χ3v) is 7.01. The summed E-state index contributed by atoms with van der Waals surface area (Å²) in [5, 5.41) is 14.7. The third-order valence-electron chi connectivity index (χ3n) is 6.71. The summed E-state index contributed by atoms with van der Waals surface area (Å²) in [6, 6.07) is 11.4. The molecule has 0 bridgehead atoms. The predicted octanol–water partition coefficient (Wildman–Crippen LogP) is 8.14. The molecular weight excluding hydrogens is 524 g/mol. The molecule has 0 unspecified atom stereocenters. The van der Waals surface area contributed by atoms with E-state index in [1.165, 1.54) is 6.42 Å². The number of rotatable bonds is 17. The van der Waals surface area contributed by atoms with Gasteiger partial charge in [-0.15, -0.1) is 0 Å². The van der Waals surface area contributed by atoms with E-state index in [4.69, 9.17) is 11.6 Å². The number of Topliss-reactive ketones (excluding diaryl/α,β-unsaturated/α-hetero) is 1. The quantitative estimate of drug-likeness (QED) is 0.143. The molecule has 2 heterocycles. The molecule has 0 saturated heterocycles. The van der Waals surface area contributed by atoms with E-state index in [1.807, 2.05) is 48.9 Å². The first kappa shape index (κ1) is 31.1. The molecule has 0 radical (unpaired) electrons. The zero-order chi connectivity index (χ0) is 28.9. The maximum Gasteiger partial charge on any atom is 0.253 e. The Morgan fingerprint density at radius 3 is 2.38 bits per heavy atom. The van der Waals surface area contributed by atoms with Crippen LogP contribution in [0.2, 0.25) is 5.02 Å². The number of pyridine rings is 1. The topological polar surface area (TPSA) is 101 Å². The van der Waals surface area contributed by atoms with Gasteiger partial charge in [0.15, 0.2) is 0 Å². The van der Waals surface area contributed by atoms with Gasteiger partial charge < -0.3 is 16.0 Å². The lowest BCUT2D eigenvalue weighted by molar-refractivity contribution is -0.118. The highest BCUT2D eigenvalue weighted by atomic mass is 35.5.